The van der Waals surface area contributed by atoms with Crippen LogP contribution in [0.4, 0.5) is 0 Å². The Labute approximate surface area is 106 Å². The fourth-order valence-electron chi connectivity index (χ4n) is 1.36. The van der Waals surface area contributed by atoms with Crippen LogP contribution in [0.3, 0.4) is 0 Å². The molecule has 0 saturated heterocycles. The molecule has 0 bridgehead atoms. The van der Waals surface area contributed by atoms with Crippen LogP contribution in [0.1, 0.15) is 16.1 Å². The van der Waals surface area contributed by atoms with Gasteiger partial charge in [0.1, 0.15) is 0 Å². The van der Waals surface area contributed by atoms with Gasteiger partial charge < -0.3 is 4.98 Å². The molecule has 0 saturated carbocycles. The van der Waals surface area contributed by atoms with Crippen molar-refractivity contribution in [3.05, 3.63) is 38.2 Å². The minimum absolute atomic E-state index is 0.0962. The molecular formula is C9H6Br3NO. The van der Waals surface area contributed by atoms with Crippen molar-refractivity contribution in [2.45, 2.75) is 9.65 Å². The quantitative estimate of drug-likeness (QED) is 0.685. The van der Waals surface area contributed by atoms with Gasteiger partial charge in [-0.15, -0.1) is 0 Å². The first-order valence-corrected chi connectivity index (χ1v) is 6.61. The molecule has 0 amide bonds. The Balaban J connectivity index is 2.64. The summed E-state index contributed by atoms with van der Waals surface area (Å²) in [5.74, 6) is 0. The molecular weight excluding hydrogens is 378 g/mol. The molecule has 2 rings (SSSR count). The Morgan fingerprint density at radius 1 is 1.36 bits per heavy atom. The van der Waals surface area contributed by atoms with E-state index in [2.05, 4.69) is 52.8 Å². The second-order valence-corrected chi connectivity index (χ2v) is 5.92. The van der Waals surface area contributed by atoms with E-state index in [-0.39, 0.29) is 15.2 Å². The molecule has 0 unspecified atom stereocenters. The zero-order valence-corrected chi connectivity index (χ0v) is 11.7. The molecule has 2 nitrogen and oxygen atoms in total. The van der Waals surface area contributed by atoms with Crippen molar-refractivity contribution >= 4 is 53.9 Å². The van der Waals surface area contributed by atoms with Gasteiger partial charge in [0.25, 0.3) is 5.56 Å². The molecule has 1 aliphatic rings. The van der Waals surface area contributed by atoms with Crippen molar-refractivity contribution in [1.82, 2.24) is 4.98 Å². The number of hydrogen-bond acceptors (Lipinski definition) is 1. The molecule has 1 aromatic heterocycles. The topological polar surface area (TPSA) is 32.9 Å². The van der Waals surface area contributed by atoms with Crippen LogP contribution >= 0.6 is 47.8 Å². The van der Waals surface area contributed by atoms with E-state index in [4.69, 9.17) is 0 Å². The van der Waals surface area contributed by atoms with Crippen molar-refractivity contribution in [2.24, 2.45) is 0 Å². The summed E-state index contributed by atoms with van der Waals surface area (Å²) in [5, 5.41) is 0. The number of aromatic amines is 1. The predicted octanol–water partition coefficient (Wildman–Crippen LogP) is 3.36. The highest BCUT2D eigenvalue weighted by Crippen LogP contribution is 2.37. The molecule has 1 aliphatic carbocycles. The maximum atomic E-state index is 11.3. The lowest BCUT2D eigenvalue weighted by Crippen LogP contribution is -2.16. The number of nitrogens with one attached hydrogen (secondary N) is 1. The maximum absolute atomic E-state index is 11.3. The van der Waals surface area contributed by atoms with Crippen LogP contribution in [0.15, 0.2) is 21.4 Å². The van der Waals surface area contributed by atoms with Gasteiger partial charge >= 0.3 is 0 Å². The number of halogens is 3. The number of H-pyrrole nitrogens is 1. The molecule has 0 aliphatic heterocycles. The standard InChI is InChI=1S/C9H6Br3NO/c10-5-1-2-7-4(8(5)12)3-6(11)9(14)13-7/h1-3,5,8H,(H,13,14)/t5-,8+/m0/s1. The van der Waals surface area contributed by atoms with Crippen molar-refractivity contribution in [3.8, 4) is 0 Å². The molecule has 1 aromatic rings. The van der Waals surface area contributed by atoms with Gasteiger partial charge in [0.15, 0.2) is 0 Å². The van der Waals surface area contributed by atoms with E-state index in [0.717, 1.165) is 11.3 Å². The van der Waals surface area contributed by atoms with Crippen molar-refractivity contribution in [2.75, 3.05) is 0 Å². The first kappa shape index (κ1) is 10.6. The summed E-state index contributed by atoms with van der Waals surface area (Å²) < 4.78 is 0.565. The van der Waals surface area contributed by atoms with E-state index in [0.29, 0.717) is 4.47 Å². The van der Waals surface area contributed by atoms with Crippen LogP contribution in [0, 0.1) is 0 Å². The van der Waals surface area contributed by atoms with Gasteiger partial charge in [-0.25, -0.2) is 0 Å². The molecule has 1 N–H and O–H groups in total. The van der Waals surface area contributed by atoms with E-state index in [1.54, 1.807) is 0 Å². The Morgan fingerprint density at radius 2 is 2.07 bits per heavy atom. The summed E-state index contributed by atoms with van der Waals surface area (Å²) in [6.45, 7) is 0. The Kier molecular flexibility index (Phi) is 3.00. The largest absolute Gasteiger partial charge is 0.321 e. The minimum atomic E-state index is -0.0962. The van der Waals surface area contributed by atoms with Crippen LogP contribution in [0.5, 0.6) is 0 Å². The Bertz CT molecular complexity index is 452. The number of hydrogen-bond donors (Lipinski definition) is 1. The number of fused-ring (bicyclic) bond motifs is 1. The summed E-state index contributed by atoms with van der Waals surface area (Å²) in [6, 6.07) is 1.85. The first-order chi connectivity index (χ1) is 6.59. The van der Waals surface area contributed by atoms with Gasteiger partial charge in [-0.2, -0.15) is 0 Å². The predicted molar refractivity (Wildman–Crippen MR) is 68.2 cm³/mol. The second-order valence-electron chi connectivity index (χ2n) is 3.02. The normalized spacial score (nSPS) is 24.8. The van der Waals surface area contributed by atoms with Crippen molar-refractivity contribution in [1.29, 1.82) is 0 Å². The fraction of sp³-hybridized carbons (Fsp3) is 0.222. The van der Waals surface area contributed by atoms with E-state index in [1.807, 2.05) is 18.2 Å². The van der Waals surface area contributed by atoms with Crippen LogP contribution in [0.25, 0.3) is 6.08 Å². The van der Waals surface area contributed by atoms with E-state index >= 15 is 0 Å². The monoisotopic (exact) mass is 381 g/mol. The SMILES string of the molecule is O=c1[nH]c2c(cc1Br)[C@@H](Br)[C@@H](Br)C=C2. The highest BCUT2D eigenvalue weighted by Gasteiger charge is 2.22. The summed E-state index contributed by atoms with van der Waals surface area (Å²) in [6.07, 6.45) is 3.92. The van der Waals surface area contributed by atoms with Gasteiger partial charge in [-0.1, -0.05) is 37.9 Å². The molecule has 1 heterocycles. The van der Waals surface area contributed by atoms with Crippen molar-refractivity contribution in [3.63, 3.8) is 0 Å². The highest BCUT2D eigenvalue weighted by molar-refractivity contribution is 9.12. The number of rotatable bonds is 0. The number of aromatic nitrogens is 1. The molecule has 0 fully saturated rings. The van der Waals surface area contributed by atoms with Gasteiger partial charge in [-0.05, 0) is 33.6 Å². The number of allylic oxidation sites excluding steroid dienone is 1. The van der Waals surface area contributed by atoms with Gasteiger partial charge in [-0.3, -0.25) is 4.79 Å². The van der Waals surface area contributed by atoms with Gasteiger partial charge in [0, 0.05) is 10.5 Å². The lowest BCUT2D eigenvalue weighted by molar-refractivity contribution is 0.969. The van der Waals surface area contributed by atoms with E-state index in [9.17, 15) is 4.79 Å². The smallest absolute Gasteiger partial charge is 0.262 e. The summed E-state index contributed by atoms with van der Waals surface area (Å²) in [7, 11) is 0. The van der Waals surface area contributed by atoms with Crippen molar-refractivity contribution < 1.29 is 0 Å². The Hall–Kier alpha value is 0.130. The summed E-state index contributed by atoms with van der Waals surface area (Å²) >= 11 is 10.3. The minimum Gasteiger partial charge on any atom is -0.321 e. The van der Waals surface area contributed by atoms with Crippen LogP contribution in [-0.4, -0.2) is 9.81 Å². The third-order valence-electron chi connectivity index (χ3n) is 2.08. The maximum Gasteiger partial charge on any atom is 0.262 e. The molecule has 0 aromatic carbocycles. The van der Waals surface area contributed by atoms with E-state index < -0.39 is 0 Å². The first-order valence-electron chi connectivity index (χ1n) is 3.98. The second kappa shape index (κ2) is 3.94. The average Bonchev–Trinajstić information content (AvgIpc) is 2.15. The third kappa shape index (κ3) is 1.77. The van der Waals surface area contributed by atoms with Crippen LogP contribution in [0.2, 0.25) is 0 Å². The summed E-state index contributed by atoms with van der Waals surface area (Å²) in [5.41, 5.74) is 1.86. The third-order valence-corrected chi connectivity index (χ3v) is 5.28. The van der Waals surface area contributed by atoms with Crippen LogP contribution in [-0.2, 0) is 0 Å². The number of pyridine rings is 1. The fourth-order valence-corrected chi connectivity index (χ4v) is 2.70. The molecule has 14 heavy (non-hydrogen) atoms. The summed E-state index contributed by atoms with van der Waals surface area (Å²) in [4.78, 5) is 14.6. The molecule has 0 radical (unpaired) electrons. The van der Waals surface area contributed by atoms with Gasteiger partial charge in [0.05, 0.1) is 9.30 Å². The number of alkyl halides is 2. The zero-order valence-electron chi connectivity index (χ0n) is 6.93. The average molecular weight is 384 g/mol. The molecule has 74 valence electrons. The Morgan fingerprint density at radius 3 is 2.79 bits per heavy atom. The van der Waals surface area contributed by atoms with E-state index in [1.165, 1.54) is 0 Å². The van der Waals surface area contributed by atoms with Gasteiger partial charge in [0.2, 0.25) is 0 Å². The van der Waals surface area contributed by atoms with Crippen LogP contribution < -0.4 is 5.56 Å². The lowest BCUT2D eigenvalue weighted by atomic mass is 10.0. The molecule has 5 heteroatoms. The molecule has 0 spiro atoms. The lowest BCUT2D eigenvalue weighted by Gasteiger charge is -2.20. The highest BCUT2D eigenvalue weighted by atomic mass is 79.9. The molecule has 2 atom stereocenters. The zero-order chi connectivity index (χ0) is 10.3.